The molecule has 0 nitrogen and oxygen atoms in total. The van der Waals surface area contributed by atoms with Gasteiger partial charge in [-0.2, -0.15) is 26.3 Å². The van der Waals surface area contributed by atoms with Gasteiger partial charge in [0.15, 0.2) is 0 Å². The fourth-order valence-electron chi connectivity index (χ4n) is 2.29. The Labute approximate surface area is 129 Å². The molecule has 0 saturated heterocycles. The summed E-state index contributed by atoms with van der Waals surface area (Å²) >= 11 is 0. The average Bonchev–Trinajstić information content (AvgIpc) is 2.40. The normalized spacial score (nSPS) is 12.5. The topological polar surface area (TPSA) is 0 Å². The molecule has 1 radical (unpaired) electrons. The summed E-state index contributed by atoms with van der Waals surface area (Å²) in [7, 11) is 0. The Bertz CT molecular complexity index is 682. The van der Waals surface area contributed by atoms with Gasteiger partial charge in [0.1, 0.15) is 0 Å². The number of rotatable bonds is 3. The van der Waals surface area contributed by atoms with E-state index in [4.69, 9.17) is 0 Å². The lowest BCUT2D eigenvalue weighted by Gasteiger charge is -2.15. The van der Waals surface area contributed by atoms with Gasteiger partial charge in [-0.25, -0.2) is 0 Å². The van der Waals surface area contributed by atoms with Gasteiger partial charge in [-0.3, -0.25) is 0 Å². The zero-order valence-electron chi connectivity index (χ0n) is 12.1. The minimum Gasteiger partial charge on any atom is -0.171 e. The highest BCUT2D eigenvalue weighted by Gasteiger charge is 2.31. The van der Waals surface area contributed by atoms with E-state index in [1.165, 1.54) is 24.3 Å². The largest absolute Gasteiger partial charge is 0.416 e. The monoisotopic (exact) mass is 331 g/mol. The van der Waals surface area contributed by atoms with Gasteiger partial charge in [0.2, 0.25) is 0 Å². The van der Waals surface area contributed by atoms with Gasteiger partial charge in [-0.1, -0.05) is 24.3 Å². The maximum atomic E-state index is 12.8. The van der Waals surface area contributed by atoms with Crippen molar-refractivity contribution in [2.45, 2.75) is 32.1 Å². The lowest BCUT2D eigenvalue weighted by atomic mass is 9.94. The van der Waals surface area contributed by atoms with Crippen molar-refractivity contribution in [1.29, 1.82) is 0 Å². The molecule has 2 rings (SSSR count). The summed E-state index contributed by atoms with van der Waals surface area (Å²) in [6.07, 6.45) is -9.98. The molecule has 0 atom stereocenters. The number of aryl methyl sites for hydroxylation is 1. The summed E-state index contributed by atoms with van der Waals surface area (Å²) in [5.41, 5.74) is 0.525. The zero-order valence-corrected chi connectivity index (χ0v) is 12.1. The number of hydrogen-bond acceptors (Lipinski definition) is 0. The van der Waals surface area contributed by atoms with Crippen LogP contribution in [0.4, 0.5) is 26.3 Å². The number of benzene rings is 2. The minimum atomic E-state index is -4.48. The van der Waals surface area contributed by atoms with Crippen molar-refractivity contribution in [1.82, 2.24) is 0 Å². The maximum Gasteiger partial charge on any atom is 0.416 e. The molecule has 0 unspecified atom stereocenters. The van der Waals surface area contributed by atoms with Crippen molar-refractivity contribution in [3.63, 3.8) is 0 Å². The molecule has 0 N–H and O–H groups in total. The second-order valence-electron chi connectivity index (χ2n) is 5.30. The molecule has 0 amide bonds. The summed E-state index contributed by atoms with van der Waals surface area (Å²) in [6, 6.07) is 10.0. The molecule has 0 spiro atoms. The molecule has 0 bridgehead atoms. The van der Waals surface area contributed by atoms with Crippen LogP contribution in [0.15, 0.2) is 36.4 Å². The molecule has 0 fully saturated rings. The second kappa shape index (κ2) is 6.26. The maximum absolute atomic E-state index is 12.8. The minimum absolute atomic E-state index is 0.00977. The molecule has 2 aromatic carbocycles. The first-order valence-corrected chi connectivity index (χ1v) is 6.77. The summed E-state index contributed by atoms with van der Waals surface area (Å²) in [5.74, 6) is 0. The van der Waals surface area contributed by atoms with Crippen LogP contribution in [0.25, 0.3) is 0 Å². The Kier molecular flexibility index (Phi) is 4.73. The molecular formula is C17H13F6. The molecular weight excluding hydrogens is 318 g/mol. The van der Waals surface area contributed by atoms with Gasteiger partial charge < -0.3 is 0 Å². The Balaban J connectivity index is 2.36. The first-order chi connectivity index (χ1) is 10.6. The number of hydrogen-bond donors (Lipinski definition) is 0. The quantitative estimate of drug-likeness (QED) is 0.651. The van der Waals surface area contributed by atoms with Gasteiger partial charge >= 0.3 is 12.4 Å². The highest BCUT2D eigenvalue weighted by molar-refractivity contribution is 5.39. The van der Waals surface area contributed by atoms with Crippen molar-refractivity contribution in [3.8, 4) is 0 Å². The summed E-state index contributed by atoms with van der Waals surface area (Å²) in [6.45, 7) is 1.63. The third kappa shape index (κ3) is 4.74. The van der Waals surface area contributed by atoms with Crippen molar-refractivity contribution in [3.05, 3.63) is 70.3 Å². The third-order valence-corrected chi connectivity index (χ3v) is 3.50. The highest BCUT2D eigenvalue weighted by atomic mass is 19.4. The van der Waals surface area contributed by atoms with E-state index < -0.39 is 24.3 Å². The molecule has 0 aliphatic carbocycles. The van der Waals surface area contributed by atoms with E-state index in [9.17, 15) is 26.3 Å². The van der Waals surface area contributed by atoms with Crippen LogP contribution in [0.5, 0.6) is 0 Å². The second-order valence-corrected chi connectivity index (χ2v) is 5.30. The summed E-state index contributed by atoms with van der Waals surface area (Å²) < 4.78 is 76.2. The van der Waals surface area contributed by atoms with Crippen molar-refractivity contribution in [2.24, 2.45) is 0 Å². The summed E-state index contributed by atoms with van der Waals surface area (Å²) in [5, 5.41) is 0. The van der Waals surface area contributed by atoms with E-state index in [2.05, 4.69) is 6.07 Å². The first-order valence-electron chi connectivity index (χ1n) is 6.77. The van der Waals surface area contributed by atoms with E-state index in [0.717, 1.165) is 12.1 Å². The Morgan fingerprint density at radius 3 is 2.22 bits per heavy atom. The van der Waals surface area contributed by atoms with Crippen LogP contribution in [-0.2, 0) is 19.0 Å². The van der Waals surface area contributed by atoms with Crippen molar-refractivity contribution >= 4 is 0 Å². The SMILES string of the molecule is Cc1ccc(C(F)(F)F)cc1Cc1cc[c]cc1CC(F)(F)F. The standard InChI is InChI=1S/C17H13F6/c1-11-6-7-15(17(21,22)23)9-14(11)8-12-4-2-3-5-13(12)10-16(18,19)20/h2,4-7,9H,8,10H2,1H3. The molecule has 23 heavy (non-hydrogen) atoms. The van der Waals surface area contributed by atoms with Crippen molar-refractivity contribution < 1.29 is 26.3 Å². The van der Waals surface area contributed by atoms with E-state index in [1.54, 1.807) is 6.92 Å². The van der Waals surface area contributed by atoms with Crippen LogP contribution in [0.2, 0.25) is 0 Å². The fourth-order valence-corrected chi connectivity index (χ4v) is 2.29. The highest BCUT2D eigenvalue weighted by Crippen LogP contribution is 2.32. The molecule has 0 saturated carbocycles. The smallest absolute Gasteiger partial charge is 0.171 e. The van der Waals surface area contributed by atoms with Gasteiger partial charge in [0, 0.05) is 0 Å². The lowest BCUT2D eigenvalue weighted by molar-refractivity contribution is -0.137. The first kappa shape index (κ1) is 17.4. The Hall–Kier alpha value is -1.98. The average molecular weight is 331 g/mol. The number of halogens is 6. The molecule has 123 valence electrons. The molecule has 0 aliphatic heterocycles. The van der Waals surface area contributed by atoms with Crippen LogP contribution in [0, 0.1) is 13.0 Å². The van der Waals surface area contributed by atoms with Crippen molar-refractivity contribution in [2.75, 3.05) is 0 Å². The van der Waals surface area contributed by atoms with Crippen LogP contribution in [0.1, 0.15) is 27.8 Å². The van der Waals surface area contributed by atoms with Gasteiger partial charge in [-0.15, -0.1) is 0 Å². The van der Waals surface area contributed by atoms with E-state index >= 15 is 0 Å². The van der Waals surface area contributed by atoms with E-state index in [0.29, 0.717) is 16.7 Å². The molecule has 0 aliphatic rings. The van der Waals surface area contributed by atoms with E-state index in [-0.39, 0.29) is 12.0 Å². The predicted octanol–water partition coefficient (Wildman–Crippen LogP) is 5.51. The summed E-state index contributed by atoms with van der Waals surface area (Å²) in [4.78, 5) is 0. The Morgan fingerprint density at radius 1 is 0.913 bits per heavy atom. The van der Waals surface area contributed by atoms with Gasteiger partial charge in [0.05, 0.1) is 12.0 Å². The Morgan fingerprint density at radius 2 is 1.61 bits per heavy atom. The third-order valence-electron chi connectivity index (χ3n) is 3.50. The predicted molar refractivity (Wildman–Crippen MR) is 74.0 cm³/mol. The lowest BCUT2D eigenvalue weighted by Crippen LogP contribution is -2.13. The van der Waals surface area contributed by atoms with Gasteiger partial charge in [-0.05, 0) is 53.8 Å². The van der Waals surface area contributed by atoms with Crippen LogP contribution in [0.3, 0.4) is 0 Å². The molecule has 6 heteroatoms. The molecule has 0 aromatic heterocycles. The van der Waals surface area contributed by atoms with Crippen LogP contribution >= 0.6 is 0 Å². The van der Waals surface area contributed by atoms with Crippen LogP contribution < -0.4 is 0 Å². The zero-order chi connectivity index (χ0) is 17.3. The molecule has 0 heterocycles. The van der Waals surface area contributed by atoms with E-state index in [1.807, 2.05) is 0 Å². The molecule has 2 aromatic rings. The number of alkyl halides is 6. The fraction of sp³-hybridized carbons (Fsp3) is 0.294. The van der Waals surface area contributed by atoms with Gasteiger partial charge in [0.25, 0.3) is 0 Å². The van der Waals surface area contributed by atoms with Crippen LogP contribution in [-0.4, -0.2) is 6.18 Å².